The molecule has 0 radical (unpaired) electrons. The van der Waals surface area contributed by atoms with E-state index in [9.17, 15) is 4.79 Å². The second-order valence-corrected chi connectivity index (χ2v) is 9.19. The van der Waals surface area contributed by atoms with Gasteiger partial charge in [0, 0.05) is 0 Å². The summed E-state index contributed by atoms with van der Waals surface area (Å²) >= 11 is 0. The largest absolute Gasteiger partial charge is 1.00 e. The van der Waals surface area contributed by atoms with Crippen molar-refractivity contribution in [2.45, 2.75) is 98.8 Å². The first-order chi connectivity index (χ1) is 14.7. The number of esters is 1. The standard InChI is InChI=1S/C16H26.C9H13.C4H7O2.K/c1-3-4-5-6-7-8-9-10-16-13-11-15(2)12-14-16;1-8-5-4-6-9(2,3)7-8;1-3-6-4(2)5;/h11-14H,3-10H2,1-2H3;5H,1,6-7H2,2-3H3;2-3H2,1H3;/q;2*-1;+1. The van der Waals surface area contributed by atoms with Crippen molar-refractivity contribution < 1.29 is 60.9 Å². The van der Waals surface area contributed by atoms with Gasteiger partial charge < -0.3 is 4.74 Å². The van der Waals surface area contributed by atoms with E-state index in [0.717, 1.165) is 12.8 Å². The molecule has 1 aromatic rings. The van der Waals surface area contributed by atoms with Crippen molar-refractivity contribution in [1.29, 1.82) is 0 Å². The fourth-order valence-corrected chi connectivity index (χ4v) is 3.40. The van der Waals surface area contributed by atoms with Crippen molar-refractivity contribution in [2.24, 2.45) is 5.41 Å². The number of ether oxygens (including phenoxy) is 1. The molecule has 2 nitrogen and oxygen atoms in total. The summed E-state index contributed by atoms with van der Waals surface area (Å²) in [5.41, 5.74) is 4.49. The SMILES string of the molecule is C=C1C=[C-]CC(C)(C)C1.CCCCCCCCCc1ccc(C)cc1.[CH2-]C(=O)OCC.[K+]. The van der Waals surface area contributed by atoms with Crippen molar-refractivity contribution >= 4 is 5.97 Å². The molecule has 176 valence electrons. The molecule has 0 unspecified atom stereocenters. The fourth-order valence-electron chi connectivity index (χ4n) is 3.40. The molecule has 0 spiro atoms. The zero-order valence-corrected chi connectivity index (χ0v) is 25.0. The molecule has 0 amide bonds. The third-order valence-corrected chi connectivity index (χ3v) is 5.09. The zero-order valence-electron chi connectivity index (χ0n) is 21.9. The molecule has 0 N–H and O–H groups in total. The van der Waals surface area contributed by atoms with Gasteiger partial charge in [0.1, 0.15) is 0 Å². The molecule has 0 bridgehead atoms. The van der Waals surface area contributed by atoms with Gasteiger partial charge in [0.2, 0.25) is 0 Å². The van der Waals surface area contributed by atoms with Crippen LogP contribution in [0.3, 0.4) is 0 Å². The molecule has 0 aliphatic heterocycles. The Morgan fingerprint density at radius 1 is 1.06 bits per heavy atom. The van der Waals surface area contributed by atoms with Crippen molar-refractivity contribution in [1.82, 2.24) is 0 Å². The van der Waals surface area contributed by atoms with Gasteiger partial charge in [0.25, 0.3) is 0 Å². The van der Waals surface area contributed by atoms with Crippen LogP contribution < -0.4 is 51.4 Å². The van der Waals surface area contributed by atoms with Gasteiger partial charge in [-0.25, -0.2) is 11.6 Å². The molecule has 1 aromatic carbocycles. The number of hydrogen-bond donors (Lipinski definition) is 0. The Morgan fingerprint density at radius 2 is 1.62 bits per heavy atom. The van der Waals surface area contributed by atoms with E-state index in [1.54, 1.807) is 6.92 Å². The summed E-state index contributed by atoms with van der Waals surface area (Å²) in [4.78, 5) is 9.71. The molecule has 1 aliphatic carbocycles. The van der Waals surface area contributed by atoms with Crippen LogP contribution in [0, 0.1) is 25.3 Å². The van der Waals surface area contributed by atoms with Gasteiger partial charge >= 0.3 is 51.4 Å². The van der Waals surface area contributed by atoms with E-state index in [1.165, 1.54) is 68.1 Å². The number of benzene rings is 1. The molecule has 0 saturated heterocycles. The number of carbonyl (C=O) groups excluding carboxylic acids is 1. The van der Waals surface area contributed by atoms with Gasteiger partial charge in [0.05, 0.1) is 6.61 Å². The molecule has 0 heterocycles. The van der Waals surface area contributed by atoms with E-state index in [2.05, 4.69) is 76.3 Å². The van der Waals surface area contributed by atoms with Gasteiger partial charge in [-0.3, -0.25) is 17.8 Å². The van der Waals surface area contributed by atoms with Gasteiger partial charge in [-0.2, -0.15) is 6.58 Å². The number of carbonyl (C=O) groups is 1. The van der Waals surface area contributed by atoms with Gasteiger partial charge in [0.15, 0.2) is 5.97 Å². The smallest absolute Gasteiger partial charge is 0.489 e. The maximum Gasteiger partial charge on any atom is 1.00 e. The summed E-state index contributed by atoms with van der Waals surface area (Å²) in [5, 5.41) is 0. The number of rotatable bonds is 9. The zero-order chi connectivity index (χ0) is 23.5. The van der Waals surface area contributed by atoms with Crippen LogP contribution in [0.2, 0.25) is 0 Å². The molecule has 0 atom stereocenters. The van der Waals surface area contributed by atoms with Crippen LogP contribution in [0.25, 0.3) is 0 Å². The minimum atomic E-state index is -0.461. The average Bonchev–Trinajstić information content (AvgIpc) is 2.68. The Labute approximate surface area is 242 Å². The third kappa shape index (κ3) is 21.5. The predicted molar refractivity (Wildman–Crippen MR) is 135 cm³/mol. The van der Waals surface area contributed by atoms with E-state index in [1.807, 2.05) is 6.08 Å². The van der Waals surface area contributed by atoms with Gasteiger partial charge in [-0.1, -0.05) is 101 Å². The average molecular weight is 466 g/mol. The minimum absolute atomic E-state index is 0. The Balaban J connectivity index is 0. The van der Waals surface area contributed by atoms with Crippen LogP contribution in [-0.2, 0) is 16.0 Å². The molecule has 0 saturated carbocycles. The fraction of sp³-hybridized carbons (Fsp3) is 0.586. The van der Waals surface area contributed by atoms with E-state index in [0.29, 0.717) is 12.0 Å². The van der Waals surface area contributed by atoms with Crippen molar-refractivity contribution in [3.8, 4) is 0 Å². The molecule has 32 heavy (non-hydrogen) atoms. The van der Waals surface area contributed by atoms with Crippen molar-refractivity contribution in [2.75, 3.05) is 6.61 Å². The maximum absolute atomic E-state index is 9.71. The Kier molecular flexibility index (Phi) is 22.5. The van der Waals surface area contributed by atoms with E-state index >= 15 is 0 Å². The quantitative estimate of drug-likeness (QED) is 0.211. The van der Waals surface area contributed by atoms with Crippen LogP contribution in [-0.4, -0.2) is 12.6 Å². The first-order valence-electron chi connectivity index (χ1n) is 12.0. The minimum Gasteiger partial charge on any atom is -0.489 e. The first kappa shape index (κ1) is 33.8. The monoisotopic (exact) mass is 465 g/mol. The van der Waals surface area contributed by atoms with Crippen LogP contribution in [0.1, 0.15) is 96.6 Å². The normalized spacial score (nSPS) is 13.6. The maximum atomic E-state index is 9.71. The Bertz CT molecular complexity index is 629. The first-order valence-corrected chi connectivity index (χ1v) is 12.0. The Hall–Kier alpha value is -0.324. The number of allylic oxidation sites excluding steroid dienone is 3. The van der Waals surface area contributed by atoms with Gasteiger partial charge in [-0.05, 0) is 32.3 Å². The number of aryl methyl sites for hydroxylation is 2. The van der Waals surface area contributed by atoms with Crippen molar-refractivity contribution in [3.05, 3.63) is 66.6 Å². The molecular formula is C29H46KO2-. The Morgan fingerprint density at radius 3 is 2.03 bits per heavy atom. The summed E-state index contributed by atoms with van der Waals surface area (Å²) in [6.07, 6.45) is 18.5. The van der Waals surface area contributed by atoms with Gasteiger partial charge in [-0.15, -0.1) is 6.42 Å². The summed E-state index contributed by atoms with van der Waals surface area (Å²) in [6, 6.07) is 8.98. The second kappa shape index (κ2) is 21.2. The summed E-state index contributed by atoms with van der Waals surface area (Å²) in [5.74, 6) is -0.461. The summed E-state index contributed by atoms with van der Waals surface area (Å²) < 4.78 is 4.29. The molecule has 0 fully saturated rings. The van der Waals surface area contributed by atoms with E-state index < -0.39 is 5.97 Å². The second-order valence-electron chi connectivity index (χ2n) is 9.19. The number of unbranched alkanes of at least 4 members (excludes halogenated alkanes) is 6. The van der Waals surface area contributed by atoms with Crippen LogP contribution in [0.5, 0.6) is 0 Å². The topological polar surface area (TPSA) is 26.3 Å². The molecular weight excluding hydrogens is 419 g/mol. The van der Waals surface area contributed by atoms with Crippen LogP contribution in [0.4, 0.5) is 0 Å². The predicted octanol–water partition coefficient (Wildman–Crippen LogP) is 5.40. The molecule has 1 aliphatic rings. The van der Waals surface area contributed by atoms with Crippen LogP contribution >= 0.6 is 0 Å². The third-order valence-electron chi connectivity index (χ3n) is 5.09. The number of hydrogen-bond acceptors (Lipinski definition) is 2. The van der Waals surface area contributed by atoms with Crippen LogP contribution in [0.15, 0.2) is 42.5 Å². The van der Waals surface area contributed by atoms with Crippen molar-refractivity contribution in [3.63, 3.8) is 0 Å². The van der Waals surface area contributed by atoms with E-state index in [-0.39, 0.29) is 51.4 Å². The summed E-state index contributed by atoms with van der Waals surface area (Å²) in [6.45, 7) is 17.9. The summed E-state index contributed by atoms with van der Waals surface area (Å²) in [7, 11) is 0. The molecule has 3 heteroatoms. The molecule has 0 aromatic heterocycles. The van der Waals surface area contributed by atoms with E-state index in [4.69, 9.17) is 0 Å². The molecule has 2 rings (SSSR count).